The molecule has 0 saturated carbocycles. The minimum Gasteiger partial charge on any atom is -0.334 e. The van der Waals surface area contributed by atoms with Crippen molar-refractivity contribution in [3.05, 3.63) is 24.3 Å². The van der Waals surface area contributed by atoms with Crippen molar-refractivity contribution in [1.29, 1.82) is 0 Å². The summed E-state index contributed by atoms with van der Waals surface area (Å²) < 4.78 is 0. The van der Waals surface area contributed by atoms with Crippen molar-refractivity contribution in [2.75, 3.05) is 31.2 Å². The Kier molecular flexibility index (Phi) is 8.53. The lowest BCUT2D eigenvalue weighted by molar-refractivity contribution is -0.951. The molecular weight excluding hydrogens is 294 g/mol. The Morgan fingerprint density at radius 1 is 1.23 bits per heavy atom. The van der Waals surface area contributed by atoms with Gasteiger partial charge in [-0.3, -0.25) is 4.79 Å². The molecule has 1 rings (SSSR count). The fourth-order valence-corrected chi connectivity index (χ4v) is 3.25. The first-order valence-electron chi connectivity index (χ1n) is 8.05. The zero-order chi connectivity index (χ0) is 16.5. The second kappa shape index (κ2) is 9.87. The number of para-hydroxylation sites is 1. The summed E-state index contributed by atoms with van der Waals surface area (Å²) in [5, 5.41) is 5.10. The van der Waals surface area contributed by atoms with Crippen LogP contribution in [-0.2, 0) is 4.79 Å². The van der Waals surface area contributed by atoms with Crippen molar-refractivity contribution in [2.24, 2.45) is 0 Å². The number of nitrogens with two attached hydrogens (primary N) is 1. The number of carbonyl (C=O) groups excluding carboxylic acids is 1. The largest absolute Gasteiger partial charge is 0.334 e. The van der Waals surface area contributed by atoms with Gasteiger partial charge in [0.2, 0.25) is 0 Å². The Balaban J connectivity index is 2.35. The molecule has 0 aliphatic rings. The lowest BCUT2D eigenvalue weighted by atomic mass is 10.2. The van der Waals surface area contributed by atoms with E-state index in [0.717, 1.165) is 23.7 Å². The lowest BCUT2D eigenvalue weighted by Gasteiger charge is -2.26. The lowest BCUT2D eigenvalue weighted by Crippen LogP contribution is -3.19. The fraction of sp³-hybridized carbons (Fsp3) is 0.588. The van der Waals surface area contributed by atoms with Crippen molar-refractivity contribution in [3.8, 4) is 0 Å². The number of anilines is 1. The normalized spacial score (nSPS) is 11.5. The highest BCUT2D eigenvalue weighted by molar-refractivity contribution is 7.98. The average molecular weight is 326 g/mol. The van der Waals surface area contributed by atoms with Gasteiger partial charge < -0.3 is 15.5 Å². The van der Waals surface area contributed by atoms with E-state index in [-0.39, 0.29) is 5.91 Å². The number of hydrogen-bond donors (Lipinski definition) is 3. The summed E-state index contributed by atoms with van der Waals surface area (Å²) >= 11 is 1.65. The minimum atomic E-state index is 0.0668. The molecule has 0 bridgehead atoms. The van der Waals surface area contributed by atoms with Gasteiger partial charge in [-0.05, 0) is 46.1 Å². The Hall–Kier alpha value is -1.04. The molecule has 0 atom stereocenters. The molecule has 0 unspecified atom stereocenters. The molecule has 4 nitrogen and oxygen atoms in total. The minimum absolute atomic E-state index is 0.0668. The molecular formula is C17H31N3OS+2. The van der Waals surface area contributed by atoms with Crippen LogP contribution >= 0.6 is 11.8 Å². The molecule has 124 valence electrons. The average Bonchev–Trinajstić information content (AvgIpc) is 2.46. The third kappa shape index (κ3) is 6.38. The molecule has 22 heavy (non-hydrogen) atoms. The first-order valence-corrected chi connectivity index (χ1v) is 9.28. The molecule has 0 aliphatic carbocycles. The second-order valence-corrected chi connectivity index (χ2v) is 7.01. The topological polar surface area (TPSA) is 50.1 Å². The number of rotatable bonds is 9. The van der Waals surface area contributed by atoms with Gasteiger partial charge in [-0.25, -0.2) is 0 Å². The van der Waals surface area contributed by atoms with Crippen LogP contribution in [0.5, 0.6) is 0 Å². The summed E-state index contributed by atoms with van der Waals surface area (Å²) in [5.41, 5.74) is 0.907. The van der Waals surface area contributed by atoms with Gasteiger partial charge in [0.05, 0.1) is 17.8 Å². The van der Waals surface area contributed by atoms with E-state index < -0.39 is 0 Å². The van der Waals surface area contributed by atoms with Crippen molar-refractivity contribution in [1.82, 2.24) is 0 Å². The number of benzene rings is 1. The molecule has 0 fully saturated rings. The zero-order valence-electron chi connectivity index (χ0n) is 14.5. The van der Waals surface area contributed by atoms with Crippen LogP contribution < -0.4 is 15.5 Å². The van der Waals surface area contributed by atoms with Crippen LogP contribution in [0.1, 0.15) is 27.7 Å². The van der Waals surface area contributed by atoms with Crippen LogP contribution in [-0.4, -0.2) is 43.9 Å². The maximum atomic E-state index is 12.0. The van der Waals surface area contributed by atoms with E-state index in [1.54, 1.807) is 16.7 Å². The maximum Gasteiger partial charge on any atom is 0.279 e. The number of nitrogens with one attached hydrogen (secondary N) is 2. The van der Waals surface area contributed by atoms with E-state index >= 15 is 0 Å². The van der Waals surface area contributed by atoms with E-state index in [2.05, 4.69) is 38.3 Å². The summed E-state index contributed by atoms with van der Waals surface area (Å²) in [6.07, 6.45) is 2.02. The first-order chi connectivity index (χ1) is 10.5. The van der Waals surface area contributed by atoms with Gasteiger partial charge in [0, 0.05) is 4.90 Å². The van der Waals surface area contributed by atoms with Crippen molar-refractivity contribution in [3.63, 3.8) is 0 Å². The van der Waals surface area contributed by atoms with Gasteiger partial charge >= 0.3 is 0 Å². The quantitative estimate of drug-likeness (QED) is 0.460. The second-order valence-electron chi connectivity index (χ2n) is 6.16. The van der Waals surface area contributed by atoms with Crippen LogP contribution in [0.3, 0.4) is 0 Å². The van der Waals surface area contributed by atoms with Crippen molar-refractivity contribution in [2.45, 2.75) is 44.7 Å². The first kappa shape index (κ1) is 19.0. The third-order valence-electron chi connectivity index (χ3n) is 3.83. The predicted molar refractivity (Wildman–Crippen MR) is 94.6 cm³/mol. The Labute approximate surface area is 139 Å². The van der Waals surface area contributed by atoms with Crippen LogP contribution in [0.25, 0.3) is 0 Å². The molecule has 0 aliphatic heterocycles. The van der Waals surface area contributed by atoms with Gasteiger partial charge in [0.25, 0.3) is 5.91 Å². The molecule has 0 heterocycles. The summed E-state index contributed by atoms with van der Waals surface area (Å²) in [6, 6.07) is 9.16. The highest BCUT2D eigenvalue weighted by Gasteiger charge is 2.17. The summed E-state index contributed by atoms with van der Waals surface area (Å²) in [5.74, 6) is 0.0668. The Morgan fingerprint density at radius 3 is 2.45 bits per heavy atom. The van der Waals surface area contributed by atoms with Crippen LogP contribution in [0.15, 0.2) is 29.2 Å². The van der Waals surface area contributed by atoms with E-state index in [1.165, 1.54) is 0 Å². The number of thioether (sulfide) groups is 1. The summed E-state index contributed by atoms with van der Waals surface area (Å²) in [4.78, 5) is 14.7. The van der Waals surface area contributed by atoms with Crippen molar-refractivity contribution >= 4 is 23.4 Å². The van der Waals surface area contributed by atoms with E-state index in [9.17, 15) is 4.79 Å². The molecule has 0 saturated heterocycles. The molecule has 1 amide bonds. The van der Waals surface area contributed by atoms with Crippen LogP contribution in [0.2, 0.25) is 0 Å². The molecule has 5 heteroatoms. The molecule has 0 aromatic heterocycles. The van der Waals surface area contributed by atoms with Crippen molar-refractivity contribution < 1.29 is 15.0 Å². The molecule has 0 radical (unpaired) electrons. The maximum absolute atomic E-state index is 12.0. The number of carbonyl (C=O) groups is 1. The van der Waals surface area contributed by atoms with E-state index in [4.69, 9.17) is 0 Å². The molecule has 4 N–H and O–H groups in total. The Morgan fingerprint density at radius 2 is 1.86 bits per heavy atom. The highest BCUT2D eigenvalue weighted by Crippen LogP contribution is 2.24. The van der Waals surface area contributed by atoms with Gasteiger partial charge in [0.15, 0.2) is 6.54 Å². The molecule has 1 aromatic carbocycles. The Bertz CT molecular complexity index is 455. The predicted octanol–water partition coefficient (Wildman–Crippen LogP) is 0.612. The molecule has 1 aromatic rings. The van der Waals surface area contributed by atoms with Gasteiger partial charge in [-0.15, -0.1) is 11.8 Å². The standard InChI is InChI=1S/C17H29N3OS/c1-13(2)20(14(3)4)11-10-18-12-17(21)19-15-8-6-7-9-16(15)22-5/h6-9,13-14,18H,10-12H2,1-5H3,(H,19,21)/p+2. The number of amides is 1. The van der Waals surface area contributed by atoms with Gasteiger partial charge in [0.1, 0.15) is 13.1 Å². The van der Waals surface area contributed by atoms with E-state index in [0.29, 0.717) is 18.6 Å². The summed E-state index contributed by atoms with van der Waals surface area (Å²) in [6.45, 7) is 11.5. The van der Waals surface area contributed by atoms with Crippen LogP contribution in [0.4, 0.5) is 5.69 Å². The van der Waals surface area contributed by atoms with Gasteiger partial charge in [-0.2, -0.15) is 0 Å². The third-order valence-corrected chi connectivity index (χ3v) is 4.63. The van der Waals surface area contributed by atoms with E-state index in [1.807, 2.05) is 30.5 Å². The highest BCUT2D eigenvalue weighted by atomic mass is 32.2. The monoisotopic (exact) mass is 325 g/mol. The molecule has 0 spiro atoms. The SMILES string of the molecule is CSc1ccccc1NC(=O)C[NH2+]CC[NH+](C(C)C)C(C)C. The van der Waals surface area contributed by atoms with Gasteiger partial charge in [-0.1, -0.05) is 12.1 Å². The number of hydrogen-bond acceptors (Lipinski definition) is 2. The number of quaternary nitrogens is 2. The fourth-order valence-electron chi connectivity index (χ4n) is 2.70. The zero-order valence-corrected chi connectivity index (χ0v) is 15.3. The summed E-state index contributed by atoms with van der Waals surface area (Å²) in [7, 11) is 0. The van der Waals surface area contributed by atoms with Crippen LogP contribution in [0, 0.1) is 0 Å². The smallest absolute Gasteiger partial charge is 0.279 e.